The van der Waals surface area contributed by atoms with Gasteiger partial charge in [0.15, 0.2) is 0 Å². The fraction of sp³-hybridized carbons (Fsp3) is 0. The number of hydrogen-bond acceptors (Lipinski definition) is 4. The van der Waals surface area contributed by atoms with Crippen molar-refractivity contribution < 1.29 is 8.83 Å². The van der Waals surface area contributed by atoms with E-state index < -0.39 is 0 Å². The van der Waals surface area contributed by atoms with E-state index in [2.05, 4.69) is 192 Å². The van der Waals surface area contributed by atoms with Crippen LogP contribution >= 0.6 is 0 Å². The van der Waals surface area contributed by atoms with Gasteiger partial charge in [-0.2, -0.15) is 0 Å². The summed E-state index contributed by atoms with van der Waals surface area (Å²) in [5, 5.41) is 12.2. The first-order valence-corrected chi connectivity index (χ1v) is 22.3. The molecule has 4 nitrogen and oxygen atoms in total. The summed E-state index contributed by atoms with van der Waals surface area (Å²) in [5.74, 6) is 0. The van der Waals surface area contributed by atoms with Gasteiger partial charge < -0.3 is 0 Å². The fourth-order valence-corrected chi connectivity index (χ4v) is 12.2. The van der Waals surface area contributed by atoms with Gasteiger partial charge in [-0.25, -0.2) is 0 Å². The number of benzene rings is 10. The summed E-state index contributed by atoms with van der Waals surface area (Å²) in [5.41, 5.74) is 9.88. The summed E-state index contributed by atoms with van der Waals surface area (Å²) >= 11 is -0.00480. The Hall–Kier alpha value is -7.56. The van der Waals surface area contributed by atoms with Crippen molar-refractivity contribution in [1.82, 2.24) is 0 Å². The average Bonchev–Trinajstić information content (AvgIpc) is 4.00. The SMILES string of the molecule is c1ccc(N(c2ccc3c(c2)oc2ccccc23)c2cc(N(c3ccccc3)c3ccc4c(c3)oc3ccccc34)c3c(c2)[se]c2c3ccc3ccc4ccccc4c32)cc1. The van der Waals surface area contributed by atoms with Crippen molar-refractivity contribution >= 4 is 133 Å². The maximum absolute atomic E-state index is 6.55. The Morgan fingerprint density at radius 2 is 0.820 bits per heavy atom. The molecule has 3 aromatic heterocycles. The molecule has 5 heteroatoms. The Morgan fingerprint density at radius 3 is 1.49 bits per heavy atom. The Bertz CT molecular complexity index is 3850. The Balaban J connectivity index is 1.14. The predicted molar refractivity (Wildman–Crippen MR) is 257 cm³/mol. The summed E-state index contributed by atoms with van der Waals surface area (Å²) in [7, 11) is 0. The molecule has 13 rings (SSSR count). The van der Waals surface area contributed by atoms with Gasteiger partial charge in [0.1, 0.15) is 0 Å². The van der Waals surface area contributed by atoms with Gasteiger partial charge in [-0.05, 0) is 0 Å². The van der Waals surface area contributed by atoms with E-state index in [9.17, 15) is 0 Å². The number of rotatable bonds is 6. The quantitative estimate of drug-likeness (QED) is 0.123. The van der Waals surface area contributed by atoms with Crippen molar-refractivity contribution in [3.05, 3.63) is 206 Å². The molecule has 0 aliphatic rings. The summed E-state index contributed by atoms with van der Waals surface area (Å²) in [4.78, 5) is 4.81. The molecule has 0 aliphatic heterocycles. The van der Waals surface area contributed by atoms with E-state index in [1.54, 1.807) is 0 Å². The van der Waals surface area contributed by atoms with Crippen LogP contribution in [0, 0.1) is 0 Å². The molecule has 0 radical (unpaired) electrons. The van der Waals surface area contributed by atoms with E-state index in [1.807, 2.05) is 24.3 Å². The van der Waals surface area contributed by atoms with Crippen LogP contribution in [0.4, 0.5) is 34.1 Å². The zero-order valence-electron chi connectivity index (χ0n) is 32.7. The fourth-order valence-electron chi connectivity index (χ4n) is 9.46. The van der Waals surface area contributed by atoms with Gasteiger partial charge in [-0.3, -0.25) is 0 Å². The number of fused-ring (bicyclic) bond motifs is 13. The molecule has 0 saturated carbocycles. The molecule has 0 amide bonds. The molecule has 0 saturated heterocycles. The molecule has 0 aliphatic carbocycles. The van der Waals surface area contributed by atoms with E-state index in [4.69, 9.17) is 8.83 Å². The molecular formula is C56H34N2O2Se. The second-order valence-corrected chi connectivity index (χ2v) is 17.9. The molecule has 286 valence electrons. The van der Waals surface area contributed by atoms with E-state index in [1.165, 1.54) is 40.8 Å². The van der Waals surface area contributed by atoms with Crippen LogP contribution in [0.2, 0.25) is 0 Å². The summed E-state index contributed by atoms with van der Waals surface area (Å²) in [6.45, 7) is 0. The van der Waals surface area contributed by atoms with Gasteiger partial charge in [0.05, 0.1) is 0 Å². The topological polar surface area (TPSA) is 32.8 Å². The molecule has 13 aromatic rings. The Kier molecular flexibility index (Phi) is 7.59. The van der Waals surface area contributed by atoms with Gasteiger partial charge in [-0.15, -0.1) is 0 Å². The van der Waals surface area contributed by atoms with Crippen molar-refractivity contribution in [2.24, 2.45) is 0 Å². The molecule has 10 aromatic carbocycles. The van der Waals surface area contributed by atoms with E-state index in [-0.39, 0.29) is 14.5 Å². The van der Waals surface area contributed by atoms with Crippen LogP contribution in [0.25, 0.3) is 84.7 Å². The van der Waals surface area contributed by atoms with Gasteiger partial charge in [0.25, 0.3) is 0 Å². The third-order valence-corrected chi connectivity index (χ3v) is 14.6. The standard InChI is InChI=1S/C56H34N2O2Se/c1-3-14-37(15-4-1)57(39-26-29-45-43-19-9-11-21-49(43)59-51(45)32-39)41-31-48(55-47-28-25-36-24-23-35-13-7-8-18-42(35)54(36)56(47)61-53(55)34-41)58(38-16-5-2-6-17-38)40-27-30-46-44-20-10-12-22-50(44)60-52(46)33-40/h1-34H. The summed E-state index contributed by atoms with van der Waals surface area (Å²) in [6, 6.07) is 74.2. The molecule has 0 N–H and O–H groups in total. The van der Waals surface area contributed by atoms with E-state index >= 15 is 0 Å². The first kappa shape index (κ1) is 34.3. The normalized spacial score (nSPS) is 11.9. The van der Waals surface area contributed by atoms with Crippen LogP contribution in [-0.4, -0.2) is 14.5 Å². The summed E-state index contributed by atoms with van der Waals surface area (Å²) in [6.07, 6.45) is 0. The van der Waals surface area contributed by atoms with Crippen molar-refractivity contribution in [3.63, 3.8) is 0 Å². The number of para-hydroxylation sites is 4. The Labute approximate surface area is 356 Å². The molecule has 0 bridgehead atoms. The third kappa shape index (κ3) is 5.38. The van der Waals surface area contributed by atoms with Gasteiger partial charge in [0, 0.05) is 0 Å². The molecule has 0 spiro atoms. The minimum atomic E-state index is -0.00480. The van der Waals surface area contributed by atoms with Crippen LogP contribution < -0.4 is 9.80 Å². The van der Waals surface area contributed by atoms with Crippen molar-refractivity contribution in [3.8, 4) is 0 Å². The third-order valence-electron chi connectivity index (χ3n) is 12.2. The Morgan fingerprint density at radius 1 is 0.311 bits per heavy atom. The van der Waals surface area contributed by atoms with Crippen LogP contribution in [0.5, 0.6) is 0 Å². The van der Waals surface area contributed by atoms with Crippen molar-refractivity contribution in [2.75, 3.05) is 9.80 Å². The second kappa shape index (κ2) is 13.5. The van der Waals surface area contributed by atoms with Crippen molar-refractivity contribution in [1.29, 1.82) is 0 Å². The van der Waals surface area contributed by atoms with Crippen LogP contribution in [0.15, 0.2) is 215 Å². The first-order chi connectivity index (χ1) is 30.2. The average molecular weight is 846 g/mol. The zero-order valence-corrected chi connectivity index (χ0v) is 34.5. The number of anilines is 6. The van der Waals surface area contributed by atoms with Gasteiger partial charge in [-0.1, -0.05) is 0 Å². The number of hydrogen-bond donors (Lipinski definition) is 0. The van der Waals surface area contributed by atoms with E-state index in [0.717, 1.165) is 78.0 Å². The minimum absolute atomic E-state index is 0.00480. The number of furan rings is 2. The van der Waals surface area contributed by atoms with Crippen LogP contribution in [0.1, 0.15) is 0 Å². The molecule has 0 unspecified atom stereocenters. The maximum atomic E-state index is 6.55. The van der Waals surface area contributed by atoms with Crippen molar-refractivity contribution in [2.45, 2.75) is 0 Å². The summed E-state index contributed by atoms with van der Waals surface area (Å²) < 4.78 is 15.8. The molecule has 3 heterocycles. The number of nitrogens with zero attached hydrogens (tertiary/aromatic N) is 2. The molecular weight excluding hydrogens is 812 g/mol. The zero-order chi connectivity index (χ0) is 40.0. The second-order valence-electron chi connectivity index (χ2n) is 15.7. The first-order valence-electron chi connectivity index (χ1n) is 20.6. The predicted octanol–water partition coefficient (Wildman–Crippen LogP) is 16.1. The van der Waals surface area contributed by atoms with Crippen LogP contribution in [0.3, 0.4) is 0 Å². The van der Waals surface area contributed by atoms with Gasteiger partial charge in [0.2, 0.25) is 0 Å². The van der Waals surface area contributed by atoms with Crippen LogP contribution in [-0.2, 0) is 0 Å². The monoisotopic (exact) mass is 846 g/mol. The molecule has 61 heavy (non-hydrogen) atoms. The van der Waals surface area contributed by atoms with E-state index in [0.29, 0.717) is 0 Å². The molecule has 0 atom stereocenters. The van der Waals surface area contributed by atoms with Gasteiger partial charge >= 0.3 is 358 Å². The molecule has 0 fully saturated rings.